The van der Waals surface area contributed by atoms with Gasteiger partial charge in [-0.2, -0.15) is 44.6 Å². The summed E-state index contributed by atoms with van der Waals surface area (Å²) in [6, 6.07) is 5.07. The summed E-state index contributed by atoms with van der Waals surface area (Å²) in [4.78, 5) is 34.1. The molecule has 4 rings (SSSR count). The fourth-order valence-corrected chi connectivity index (χ4v) is 4.66. The highest BCUT2D eigenvalue weighted by Gasteiger charge is 2.39. The lowest BCUT2D eigenvalue weighted by molar-refractivity contribution is -0.193. The van der Waals surface area contributed by atoms with Gasteiger partial charge in [0.1, 0.15) is 5.82 Å². The number of aliphatic carboxylic acids is 3. The van der Waals surface area contributed by atoms with E-state index in [9.17, 15) is 39.5 Å². The summed E-state index contributed by atoms with van der Waals surface area (Å²) in [6.07, 6.45) is -4.68. The zero-order valence-corrected chi connectivity index (χ0v) is 25.3. The molecule has 2 aliphatic rings. The number of aryl methyl sites for hydroxylation is 1. The Morgan fingerprint density at radius 2 is 1.28 bits per heavy atom. The molecule has 0 aromatic carbocycles. The van der Waals surface area contributed by atoms with Crippen LogP contribution in [0.5, 0.6) is 0 Å². The fourth-order valence-electron chi connectivity index (χ4n) is 4.66. The molecule has 1 aliphatic heterocycles. The first-order valence-electron chi connectivity index (χ1n) is 14.2. The Labute approximate surface area is 262 Å². The van der Waals surface area contributed by atoms with E-state index in [1.54, 1.807) is 0 Å². The van der Waals surface area contributed by atoms with Crippen molar-refractivity contribution in [3.8, 4) is 0 Å². The van der Waals surface area contributed by atoms with Crippen molar-refractivity contribution < 1.29 is 69.2 Å². The second-order valence-corrected chi connectivity index (χ2v) is 10.8. The number of carbonyl (C=O) groups is 3. The number of aromatic nitrogens is 3. The lowest BCUT2D eigenvalue weighted by atomic mass is 9.87. The number of hydrogen-bond donors (Lipinski definition) is 4. The molecule has 11 nitrogen and oxygen atoms in total. The van der Waals surface area contributed by atoms with Crippen LogP contribution in [0.2, 0.25) is 0 Å². The molecule has 2 fully saturated rings. The maximum Gasteiger partial charge on any atom is 0.490 e. The zero-order valence-electron chi connectivity index (χ0n) is 25.3. The lowest BCUT2D eigenvalue weighted by Crippen LogP contribution is -2.33. The van der Waals surface area contributed by atoms with Gasteiger partial charge >= 0.3 is 36.4 Å². The van der Waals surface area contributed by atoms with E-state index >= 15 is 0 Å². The third-order valence-electron chi connectivity index (χ3n) is 6.90. The van der Waals surface area contributed by atoms with Crippen LogP contribution in [0.1, 0.15) is 64.0 Å². The van der Waals surface area contributed by atoms with Crippen molar-refractivity contribution in [2.24, 2.45) is 13.0 Å². The quantitative estimate of drug-likeness (QED) is 0.283. The van der Waals surface area contributed by atoms with E-state index in [1.165, 1.54) is 56.8 Å². The second kappa shape index (κ2) is 17.9. The molecule has 0 radical (unpaired) electrons. The SMILES string of the molecule is CC1CCCC(NCc2nn(C)c3nc(N4CCCCCC4)ccc23)C1.O=C(O)C(F)(F)F.O=C(O)C(F)(F)F.O=C(O)C(F)(F)F. The van der Waals surface area contributed by atoms with Gasteiger partial charge in [-0.3, -0.25) is 4.68 Å². The monoisotopic (exact) mass is 697 g/mol. The normalized spacial score (nSPS) is 18.7. The van der Waals surface area contributed by atoms with E-state index in [0.29, 0.717) is 6.04 Å². The van der Waals surface area contributed by atoms with E-state index in [0.717, 1.165) is 42.7 Å². The van der Waals surface area contributed by atoms with E-state index in [4.69, 9.17) is 39.8 Å². The Morgan fingerprint density at radius 1 is 0.809 bits per heavy atom. The van der Waals surface area contributed by atoms with E-state index < -0.39 is 36.4 Å². The Morgan fingerprint density at radius 3 is 1.70 bits per heavy atom. The highest BCUT2D eigenvalue weighted by molar-refractivity contribution is 5.80. The first-order valence-corrected chi connectivity index (χ1v) is 14.2. The van der Waals surface area contributed by atoms with Crippen molar-refractivity contribution in [2.45, 2.75) is 89.4 Å². The highest BCUT2D eigenvalue weighted by Crippen LogP contribution is 2.26. The van der Waals surface area contributed by atoms with Crippen LogP contribution in [-0.4, -0.2) is 85.7 Å². The smallest absolute Gasteiger partial charge is 0.475 e. The minimum atomic E-state index is -5.08. The van der Waals surface area contributed by atoms with Gasteiger partial charge in [-0.15, -0.1) is 0 Å². The van der Waals surface area contributed by atoms with Crippen molar-refractivity contribution >= 4 is 34.8 Å². The van der Waals surface area contributed by atoms with Crippen molar-refractivity contribution in [3.05, 3.63) is 17.8 Å². The first kappa shape index (κ1) is 41.2. The van der Waals surface area contributed by atoms with Crippen LogP contribution in [0.25, 0.3) is 11.0 Å². The van der Waals surface area contributed by atoms with E-state index in [2.05, 4.69) is 29.3 Å². The number of fused-ring (bicyclic) bond motifs is 1. The third kappa shape index (κ3) is 15.1. The summed E-state index contributed by atoms with van der Waals surface area (Å²) in [5, 5.41) is 31.1. The van der Waals surface area contributed by atoms with Gasteiger partial charge in [0, 0.05) is 38.1 Å². The van der Waals surface area contributed by atoms with Crippen LogP contribution in [0, 0.1) is 5.92 Å². The molecule has 0 amide bonds. The van der Waals surface area contributed by atoms with Crippen LogP contribution in [0.15, 0.2) is 12.1 Å². The predicted octanol–water partition coefficient (Wildman–Crippen LogP) is 5.92. The van der Waals surface area contributed by atoms with Crippen molar-refractivity contribution in [3.63, 3.8) is 0 Å². The molecule has 0 bridgehead atoms. The van der Waals surface area contributed by atoms with Crippen LogP contribution < -0.4 is 10.2 Å². The molecule has 2 unspecified atom stereocenters. The molecule has 1 saturated carbocycles. The summed E-state index contributed by atoms with van der Waals surface area (Å²) in [5.41, 5.74) is 2.15. The van der Waals surface area contributed by atoms with Crippen LogP contribution >= 0.6 is 0 Å². The second-order valence-electron chi connectivity index (χ2n) is 10.8. The van der Waals surface area contributed by atoms with Crippen LogP contribution in [0.3, 0.4) is 0 Å². The molecule has 2 aromatic heterocycles. The topological polar surface area (TPSA) is 158 Å². The van der Waals surface area contributed by atoms with Gasteiger partial charge in [-0.05, 0) is 43.7 Å². The molecule has 1 saturated heterocycles. The molecule has 47 heavy (non-hydrogen) atoms. The third-order valence-corrected chi connectivity index (χ3v) is 6.90. The van der Waals surface area contributed by atoms with Gasteiger partial charge in [0.15, 0.2) is 5.65 Å². The molecule has 4 N–H and O–H groups in total. The minimum Gasteiger partial charge on any atom is -0.475 e. The molecule has 268 valence electrons. The maximum absolute atomic E-state index is 10.6. The van der Waals surface area contributed by atoms with Crippen LogP contribution in [0.4, 0.5) is 45.3 Å². The number of rotatable bonds is 4. The summed E-state index contributed by atoms with van der Waals surface area (Å²) in [6.45, 7) is 5.48. The van der Waals surface area contributed by atoms with Gasteiger partial charge in [-0.1, -0.05) is 32.6 Å². The average molecular weight is 698 g/mol. The Kier molecular flexibility index (Phi) is 15.7. The van der Waals surface area contributed by atoms with E-state index in [1.807, 2.05) is 11.7 Å². The standard InChI is InChI=1S/C21H33N5.3C2HF3O2/c1-16-8-7-9-17(14-16)22-15-19-18-10-11-20(23-21(18)25(2)24-19)26-12-5-3-4-6-13-26;3*3-2(4,5)1(6)7/h10-11,16-17,22H,3-9,12-15H2,1-2H3;3*(H,6,7). The molecule has 3 heterocycles. The number of anilines is 1. The summed E-state index contributed by atoms with van der Waals surface area (Å²) in [5.74, 6) is -6.31. The largest absolute Gasteiger partial charge is 0.490 e. The molecular weight excluding hydrogens is 661 g/mol. The summed E-state index contributed by atoms with van der Waals surface area (Å²) >= 11 is 0. The predicted molar refractivity (Wildman–Crippen MR) is 149 cm³/mol. The summed E-state index contributed by atoms with van der Waals surface area (Å²) < 4.78 is 97.2. The average Bonchev–Trinajstić information content (AvgIpc) is 3.10. The number of nitrogens with zero attached hydrogens (tertiary/aromatic N) is 4. The first-order chi connectivity index (χ1) is 21.5. The van der Waals surface area contributed by atoms with Gasteiger partial charge in [0.05, 0.1) is 5.69 Å². The van der Waals surface area contributed by atoms with Gasteiger partial charge in [0.25, 0.3) is 0 Å². The van der Waals surface area contributed by atoms with E-state index in [-0.39, 0.29) is 0 Å². The Balaban J connectivity index is 0.000000430. The molecule has 2 atom stereocenters. The number of nitrogens with one attached hydrogen (secondary N) is 1. The highest BCUT2D eigenvalue weighted by atomic mass is 19.4. The number of carboxylic acids is 3. The Bertz CT molecular complexity index is 1250. The molecule has 20 heteroatoms. The molecule has 0 spiro atoms. The summed E-state index contributed by atoms with van der Waals surface area (Å²) in [7, 11) is 2.02. The fraction of sp³-hybridized carbons (Fsp3) is 0.667. The maximum atomic E-state index is 10.6. The van der Waals surface area contributed by atoms with Gasteiger partial charge in [0.2, 0.25) is 0 Å². The number of hydrogen-bond acceptors (Lipinski definition) is 7. The number of carboxylic acid groups (broad SMARTS) is 3. The molecule has 2 aromatic rings. The van der Waals surface area contributed by atoms with Crippen molar-refractivity contribution in [1.29, 1.82) is 0 Å². The molecule has 1 aliphatic carbocycles. The number of pyridine rings is 1. The van der Waals surface area contributed by atoms with Crippen LogP contribution in [-0.2, 0) is 28.0 Å². The van der Waals surface area contributed by atoms with Gasteiger partial charge in [-0.25, -0.2) is 19.4 Å². The van der Waals surface area contributed by atoms with Gasteiger partial charge < -0.3 is 25.5 Å². The Hall–Kier alpha value is -3.84. The number of halogens is 9. The lowest BCUT2D eigenvalue weighted by Gasteiger charge is -2.27. The molecular formula is C27H36F9N5O6. The van der Waals surface area contributed by atoms with Crippen molar-refractivity contribution in [2.75, 3.05) is 18.0 Å². The minimum absolute atomic E-state index is 0.639. The number of alkyl halides is 9. The zero-order chi connectivity index (χ0) is 36.2. The van der Waals surface area contributed by atoms with Crippen molar-refractivity contribution in [1.82, 2.24) is 20.1 Å².